The standard InChI is InChI=1S/C28H22F3N3O5/c1-37-23-13-18-20(14-24(23)38-2)32-10-7-22(18)39-25-19(31)11-16(30)12-21(25)34-27(36)28(8-9-28)26(35)33-17-5-3-15(29)4-6-17/h3-7,10-14H,8-9H2,1-2H3,(H,33,35)(H,34,36). The lowest BCUT2D eigenvalue weighted by atomic mass is 10.0. The Bertz CT molecular complexity index is 1590. The summed E-state index contributed by atoms with van der Waals surface area (Å²) >= 11 is 0. The predicted molar refractivity (Wildman–Crippen MR) is 137 cm³/mol. The number of carbonyl (C=O) groups excluding carboxylic acids is 2. The van der Waals surface area contributed by atoms with E-state index in [1.54, 1.807) is 12.1 Å². The maximum Gasteiger partial charge on any atom is 0.240 e. The molecular weight excluding hydrogens is 515 g/mol. The van der Waals surface area contributed by atoms with Crippen LogP contribution >= 0.6 is 0 Å². The highest BCUT2D eigenvalue weighted by molar-refractivity contribution is 6.17. The summed E-state index contributed by atoms with van der Waals surface area (Å²) in [6.07, 6.45) is 1.87. The molecule has 8 nitrogen and oxygen atoms in total. The number of pyridine rings is 1. The molecule has 1 fully saturated rings. The number of nitrogens with zero attached hydrogens (tertiary/aromatic N) is 1. The molecule has 0 unspecified atom stereocenters. The Morgan fingerprint density at radius 3 is 2.15 bits per heavy atom. The summed E-state index contributed by atoms with van der Waals surface area (Å²) < 4.78 is 58.9. The Morgan fingerprint density at radius 1 is 0.821 bits per heavy atom. The summed E-state index contributed by atoms with van der Waals surface area (Å²) in [7, 11) is 2.92. The highest BCUT2D eigenvalue weighted by Gasteiger charge is 2.56. The number of methoxy groups -OCH3 is 2. The van der Waals surface area contributed by atoms with Gasteiger partial charge in [0, 0.05) is 35.5 Å². The highest BCUT2D eigenvalue weighted by atomic mass is 19.1. The van der Waals surface area contributed by atoms with Crippen LogP contribution in [0.1, 0.15) is 12.8 Å². The number of rotatable bonds is 8. The van der Waals surface area contributed by atoms with Crippen molar-refractivity contribution in [2.75, 3.05) is 24.9 Å². The average molecular weight is 537 g/mol. The molecule has 0 bridgehead atoms. The van der Waals surface area contributed by atoms with Gasteiger partial charge in [0.15, 0.2) is 23.1 Å². The van der Waals surface area contributed by atoms with Gasteiger partial charge in [0.05, 0.1) is 25.4 Å². The van der Waals surface area contributed by atoms with E-state index in [-0.39, 0.29) is 24.3 Å². The molecule has 2 N–H and O–H groups in total. The molecule has 1 aliphatic rings. The van der Waals surface area contributed by atoms with Crippen molar-refractivity contribution in [2.45, 2.75) is 12.8 Å². The van der Waals surface area contributed by atoms with Gasteiger partial charge in [-0.15, -0.1) is 0 Å². The number of carbonyl (C=O) groups is 2. The van der Waals surface area contributed by atoms with Crippen molar-refractivity contribution in [3.63, 3.8) is 0 Å². The molecule has 5 rings (SSSR count). The zero-order chi connectivity index (χ0) is 27.7. The van der Waals surface area contributed by atoms with Gasteiger partial charge in [-0.1, -0.05) is 0 Å². The topological polar surface area (TPSA) is 98.8 Å². The third-order valence-corrected chi connectivity index (χ3v) is 6.40. The molecule has 0 saturated heterocycles. The number of fused-ring (bicyclic) bond motifs is 1. The smallest absolute Gasteiger partial charge is 0.240 e. The molecule has 3 aromatic carbocycles. The van der Waals surface area contributed by atoms with Crippen molar-refractivity contribution in [3.05, 3.63) is 78.2 Å². The molecule has 0 atom stereocenters. The Hall–Kier alpha value is -4.80. The van der Waals surface area contributed by atoms with E-state index in [2.05, 4.69) is 15.6 Å². The molecule has 1 heterocycles. The van der Waals surface area contributed by atoms with E-state index in [1.165, 1.54) is 50.7 Å². The quantitative estimate of drug-likeness (QED) is 0.275. The Morgan fingerprint density at radius 2 is 1.49 bits per heavy atom. The lowest BCUT2D eigenvalue weighted by Gasteiger charge is -2.18. The molecule has 0 spiro atoms. The van der Waals surface area contributed by atoms with Gasteiger partial charge in [-0.3, -0.25) is 14.6 Å². The number of amides is 2. The van der Waals surface area contributed by atoms with Crippen molar-refractivity contribution in [3.8, 4) is 23.0 Å². The first-order valence-electron chi connectivity index (χ1n) is 11.8. The number of nitrogens with one attached hydrogen (secondary N) is 2. The number of anilines is 2. The van der Waals surface area contributed by atoms with Gasteiger partial charge in [-0.2, -0.15) is 0 Å². The SMILES string of the molecule is COc1cc2nccc(Oc3c(F)cc(F)cc3NC(=O)C3(C(=O)Nc4ccc(F)cc4)CC3)c2cc1OC. The van der Waals surface area contributed by atoms with E-state index < -0.39 is 40.4 Å². The van der Waals surface area contributed by atoms with Gasteiger partial charge >= 0.3 is 0 Å². The van der Waals surface area contributed by atoms with Gasteiger partial charge in [-0.25, -0.2) is 13.2 Å². The minimum absolute atomic E-state index is 0.150. The summed E-state index contributed by atoms with van der Waals surface area (Å²) in [4.78, 5) is 30.4. The van der Waals surface area contributed by atoms with E-state index in [9.17, 15) is 18.4 Å². The first kappa shape index (κ1) is 25.8. The summed E-state index contributed by atoms with van der Waals surface area (Å²) in [5, 5.41) is 5.47. The number of aromatic nitrogens is 1. The van der Waals surface area contributed by atoms with Crippen LogP contribution in [-0.4, -0.2) is 31.0 Å². The van der Waals surface area contributed by atoms with Crippen molar-refractivity contribution in [1.29, 1.82) is 0 Å². The summed E-state index contributed by atoms with van der Waals surface area (Å²) in [6, 6.07) is 11.3. The lowest BCUT2D eigenvalue weighted by molar-refractivity contribution is -0.131. The minimum Gasteiger partial charge on any atom is -0.493 e. The van der Waals surface area contributed by atoms with Crippen molar-refractivity contribution < 1.29 is 37.0 Å². The van der Waals surface area contributed by atoms with E-state index >= 15 is 4.39 Å². The van der Waals surface area contributed by atoms with Crippen LogP contribution in [0.25, 0.3) is 10.9 Å². The number of hydrogen-bond donors (Lipinski definition) is 2. The zero-order valence-corrected chi connectivity index (χ0v) is 20.8. The fourth-order valence-corrected chi connectivity index (χ4v) is 4.11. The van der Waals surface area contributed by atoms with E-state index in [0.717, 1.165) is 6.07 Å². The van der Waals surface area contributed by atoms with Crippen LogP contribution in [0.2, 0.25) is 0 Å². The molecule has 1 aliphatic carbocycles. The second-order valence-electron chi connectivity index (χ2n) is 8.90. The second kappa shape index (κ2) is 10.2. The van der Waals surface area contributed by atoms with Gasteiger partial charge in [-0.05, 0) is 49.2 Å². The van der Waals surface area contributed by atoms with Crippen LogP contribution in [0, 0.1) is 22.9 Å². The van der Waals surface area contributed by atoms with Gasteiger partial charge in [0.1, 0.15) is 22.8 Å². The van der Waals surface area contributed by atoms with E-state index in [4.69, 9.17) is 14.2 Å². The van der Waals surface area contributed by atoms with Crippen molar-refractivity contribution in [1.82, 2.24) is 4.98 Å². The van der Waals surface area contributed by atoms with Crippen LogP contribution in [0.15, 0.2) is 60.8 Å². The number of halogens is 3. The number of ether oxygens (including phenoxy) is 3. The monoisotopic (exact) mass is 537 g/mol. The van der Waals surface area contributed by atoms with Gasteiger partial charge < -0.3 is 24.8 Å². The normalized spacial score (nSPS) is 13.5. The molecule has 1 aromatic heterocycles. The van der Waals surface area contributed by atoms with E-state index in [0.29, 0.717) is 34.2 Å². The van der Waals surface area contributed by atoms with Crippen LogP contribution in [0.4, 0.5) is 24.5 Å². The zero-order valence-electron chi connectivity index (χ0n) is 20.8. The van der Waals surface area contributed by atoms with Crippen molar-refractivity contribution >= 4 is 34.1 Å². The minimum atomic E-state index is -1.46. The number of benzene rings is 3. The van der Waals surface area contributed by atoms with Crippen LogP contribution in [0.3, 0.4) is 0 Å². The van der Waals surface area contributed by atoms with Gasteiger partial charge in [0.25, 0.3) is 0 Å². The molecule has 1 saturated carbocycles. The van der Waals surface area contributed by atoms with Crippen LogP contribution in [-0.2, 0) is 9.59 Å². The maximum absolute atomic E-state index is 15.0. The molecule has 200 valence electrons. The first-order chi connectivity index (χ1) is 18.7. The molecule has 0 radical (unpaired) electrons. The highest BCUT2D eigenvalue weighted by Crippen LogP contribution is 2.48. The Kier molecular flexibility index (Phi) is 6.73. The largest absolute Gasteiger partial charge is 0.493 e. The fourth-order valence-electron chi connectivity index (χ4n) is 4.11. The molecule has 0 aliphatic heterocycles. The Balaban J connectivity index is 1.44. The summed E-state index contributed by atoms with van der Waals surface area (Å²) in [5.74, 6) is -3.40. The first-order valence-corrected chi connectivity index (χ1v) is 11.8. The molecule has 2 amide bonds. The molecule has 11 heteroatoms. The Labute approximate surface area is 220 Å². The van der Waals surface area contributed by atoms with Crippen LogP contribution < -0.4 is 24.8 Å². The summed E-state index contributed by atoms with van der Waals surface area (Å²) in [5.41, 5.74) is -1.00. The third kappa shape index (κ3) is 5.02. The summed E-state index contributed by atoms with van der Waals surface area (Å²) in [6.45, 7) is 0. The van der Waals surface area contributed by atoms with Gasteiger partial charge in [0.2, 0.25) is 11.8 Å². The van der Waals surface area contributed by atoms with E-state index in [1.807, 2.05) is 0 Å². The molecule has 39 heavy (non-hydrogen) atoms. The third-order valence-electron chi connectivity index (χ3n) is 6.40. The lowest BCUT2D eigenvalue weighted by Crippen LogP contribution is -2.35. The predicted octanol–water partition coefficient (Wildman–Crippen LogP) is 5.82. The molecule has 4 aromatic rings. The van der Waals surface area contributed by atoms with Crippen molar-refractivity contribution in [2.24, 2.45) is 5.41 Å². The molecular formula is C28H22F3N3O5. The second-order valence-corrected chi connectivity index (χ2v) is 8.90. The average Bonchev–Trinajstić information content (AvgIpc) is 3.73. The maximum atomic E-state index is 15.0. The van der Waals surface area contributed by atoms with Crippen LogP contribution in [0.5, 0.6) is 23.0 Å². The fraction of sp³-hybridized carbons (Fsp3) is 0.179. The number of hydrogen-bond acceptors (Lipinski definition) is 6.